The van der Waals surface area contributed by atoms with E-state index in [4.69, 9.17) is 9.15 Å². The molecule has 2 heterocycles. The van der Waals surface area contributed by atoms with Crippen LogP contribution in [0.4, 0.5) is 0 Å². The molecule has 0 bridgehead atoms. The predicted octanol–water partition coefficient (Wildman–Crippen LogP) is 4.00. The normalized spacial score (nSPS) is 12.6. The fraction of sp³-hybridized carbons (Fsp3) is 0.467. The number of hydrogen-bond donors (Lipinski definition) is 1. The van der Waals surface area contributed by atoms with E-state index in [0.717, 1.165) is 36.7 Å². The molecule has 2 rings (SSSR count). The predicted molar refractivity (Wildman–Crippen MR) is 79.1 cm³/mol. The smallest absolute Gasteiger partial charge is 0.134 e. The molecule has 0 spiro atoms. The molecule has 3 nitrogen and oxygen atoms in total. The minimum atomic E-state index is 0.0789. The summed E-state index contributed by atoms with van der Waals surface area (Å²) in [7, 11) is 1.71. The third kappa shape index (κ3) is 3.19. The van der Waals surface area contributed by atoms with E-state index in [-0.39, 0.29) is 6.04 Å². The molecule has 0 saturated carbocycles. The molecule has 19 heavy (non-hydrogen) atoms. The number of thiophene rings is 1. The lowest BCUT2D eigenvalue weighted by Crippen LogP contribution is -2.22. The fourth-order valence-electron chi connectivity index (χ4n) is 2.04. The minimum absolute atomic E-state index is 0.0789. The summed E-state index contributed by atoms with van der Waals surface area (Å²) in [6.45, 7) is 5.21. The Balaban J connectivity index is 2.29. The van der Waals surface area contributed by atoms with Crippen molar-refractivity contribution in [1.29, 1.82) is 0 Å². The van der Waals surface area contributed by atoms with E-state index in [2.05, 4.69) is 36.7 Å². The summed E-state index contributed by atoms with van der Waals surface area (Å²) in [5, 5.41) is 5.59. The van der Waals surface area contributed by atoms with Crippen LogP contribution >= 0.6 is 11.3 Å². The first kappa shape index (κ1) is 14.2. The summed E-state index contributed by atoms with van der Waals surface area (Å²) in [4.78, 5) is 1.17. The van der Waals surface area contributed by atoms with Gasteiger partial charge in [-0.1, -0.05) is 13.8 Å². The Morgan fingerprint density at radius 2 is 2.16 bits per heavy atom. The first-order valence-electron chi connectivity index (χ1n) is 6.73. The van der Waals surface area contributed by atoms with Gasteiger partial charge in [0.25, 0.3) is 0 Å². The van der Waals surface area contributed by atoms with Crippen molar-refractivity contribution in [3.8, 4) is 5.75 Å². The van der Waals surface area contributed by atoms with Crippen LogP contribution < -0.4 is 10.1 Å². The highest BCUT2D eigenvalue weighted by molar-refractivity contribution is 7.10. The number of furan rings is 1. The van der Waals surface area contributed by atoms with Crippen LogP contribution in [0.1, 0.15) is 42.7 Å². The fourth-order valence-corrected chi connectivity index (χ4v) is 2.98. The van der Waals surface area contributed by atoms with Crippen molar-refractivity contribution in [3.63, 3.8) is 0 Å². The molecule has 0 aliphatic heterocycles. The van der Waals surface area contributed by atoms with Crippen LogP contribution in [0.2, 0.25) is 0 Å². The summed E-state index contributed by atoms with van der Waals surface area (Å²) in [6.07, 6.45) is 2.01. The monoisotopic (exact) mass is 279 g/mol. The van der Waals surface area contributed by atoms with Gasteiger partial charge in [-0.2, -0.15) is 0 Å². The van der Waals surface area contributed by atoms with E-state index in [0.29, 0.717) is 0 Å². The van der Waals surface area contributed by atoms with Crippen molar-refractivity contribution in [2.75, 3.05) is 13.7 Å². The highest BCUT2D eigenvalue weighted by Crippen LogP contribution is 2.35. The Morgan fingerprint density at radius 3 is 2.79 bits per heavy atom. The number of aryl methyl sites for hydroxylation is 1. The molecule has 104 valence electrons. The summed E-state index contributed by atoms with van der Waals surface area (Å²) >= 11 is 1.70. The highest BCUT2D eigenvalue weighted by Gasteiger charge is 2.22. The number of nitrogens with one attached hydrogen (secondary N) is 1. The molecule has 1 N–H and O–H groups in total. The van der Waals surface area contributed by atoms with Crippen LogP contribution in [0.25, 0.3) is 0 Å². The Hall–Kier alpha value is -1.26. The molecule has 0 aliphatic rings. The Kier molecular flexibility index (Phi) is 5.05. The minimum Gasteiger partial charge on any atom is -0.496 e. The maximum atomic E-state index is 5.90. The average Bonchev–Trinajstić information content (AvgIpc) is 3.08. The van der Waals surface area contributed by atoms with Gasteiger partial charge in [0, 0.05) is 6.42 Å². The maximum Gasteiger partial charge on any atom is 0.134 e. The van der Waals surface area contributed by atoms with Crippen molar-refractivity contribution in [1.82, 2.24) is 5.32 Å². The van der Waals surface area contributed by atoms with Crippen LogP contribution in [0.15, 0.2) is 28.0 Å². The van der Waals surface area contributed by atoms with Gasteiger partial charge in [-0.15, -0.1) is 11.3 Å². The lowest BCUT2D eigenvalue weighted by Gasteiger charge is -2.16. The summed E-state index contributed by atoms with van der Waals surface area (Å²) in [5.74, 6) is 2.91. The number of methoxy groups -OCH3 is 1. The molecule has 0 radical (unpaired) electrons. The second-order valence-electron chi connectivity index (χ2n) is 4.40. The van der Waals surface area contributed by atoms with E-state index in [1.165, 1.54) is 4.88 Å². The summed E-state index contributed by atoms with van der Waals surface area (Å²) < 4.78 is 11.3. The standard InChI is InChI=1S/C15H21NO2S/c1-4-9-16-14(12-7-6-11(5-2)18-12)15-13(17-3)8-10-19-15/h6-8,10,14,16H,4-5,9H2,1-3H3. The van der Waals surface area contributed by atoms with Gasteiger partial charge < -0.3 is 14.5 Å². The third-order valence-electron chi connectivity index (χ3n) is 3.05. The van der Waals surface area contributed by atoms with Gasteiger partial charge in [0.05, 0.1) is 12.0 Å². The molecule has 1 atom stereocenters. The van der Waals surface area contributed by atoms with Gasteiger partial charge in [-0.3, -0.25) is 0 Å². The Labute approximate surface area is 118 Å². The molecule has 0 aromatic carbocycles. The highest BCUT2D eigenvalue weighted by atomic mass is 32.1. The largest absolute Gasteiger partial charge is 0.496 e. The topological polar surface area (TPSA) is 34.4 Å². The van der Waals surface area contributed by atoms with Gasteiger partial charge in [0.2, 0.25) is 0 Å². The van der Waals surface area contributed by atoms with Crippen molar-refractivity contribution >= 4 is 11.3 Å². The van der Waals surface area contributed by atoms with Crippen LogP contribution in [0.3, 0.4) is 0 Å². The Bertz CT molecular complexity index is 504. The molecule has 2 aromatic heterocycles. The van der Waals surface area contributed by atoms with E-state index in [1.807, 2.05) is 6.07 Å². The molecule has 0 amide bonds. The lowest BCUT2D eigenvalue weighted by atomic mass is 10.1. The number of hydrogen-bond acceptors (Lipinski definition) is 4. The van der Waals surface area contributed by atoms with Gasteiger partial charge in [0.1, 0.15) is 23.3 Å². The SMILES string of the molecule is CCCNC(c1ccc(CC)o1)c1sccc1OC. The first-order valence-corrected chi connectivity index (χ1v) is 7.61. The second-order valence-corrected chi connectivity index (χ2v) is 5.35. The lowest BCUT2D eigenvalue weighted by molar-refractivity contribution is 0.391. The van der Waals surface area contributed by atoms with E-state index in [1.54, 1.807) is 18.4 Å². The zero-order valence-electron chi connectivity index (χ0n) is 11.7. The average molecular weight is 279 g/mol. The molecule has 1 unspecified atom stereocenters. The Morgan fingerprint density at radius 1 is 1.32 bits per heavy atom. The van der Waals surface area contributed by atoms with Crippen LogP contribution in [0.5, 0.6) is 5.75 Å². The molecule has 0 fully saturated rings. The van der Waals surface area contributed by atoms with Crippen LogP contribution in [-0.2, 0) is 6.42 Å². The number of ether oxygens (including phenoxy) is 1. The molecular formula is C15H21NO2S. The van der Waals surface area contributed by atoms with Crippen molar-refractivity contribution in [3.05, 3.63) is 40.0 Å². The first-order chi connectivity index (χ1) is 9.30. The zero-order valence-corrected chi connectivity index (χ0v) is 12.5. The third-order valence-corrected chi connectivity index (χ3v) is 4.02. The molecule has 0 saturated heterocycles. The van der Waals surface area contributed by atoms with E-state index >= 15 is 0 Å². The van der Waals surface area contributed by atoms with Crippen molar-refractivity contribution in [2.45, 2.75) is 32.7 Å². The zero-order chi connectivity index (χ0) is 13.7. The van der Waals surface area contributed by atoms with Crippen LogP contribution in [0, 0.1) is 0 Å². The van der Waals surface area contributed by atoms with E-state index in [9.17, 15) is 0 Å². The van der Waals surface area contributed by atoms with Gasteiger partial charge >= 0.3 is 0 Å². The van der Waals surface area contributed by atoms with Gasteiger partial charge in [-0.25, -0.2) is 0 Å². The van der Waals surface area contributed by atoms with Gasteiger partial charge in [0.15, 0.2) is 0 Å². The van der Waals surface area contributed by atoms with Crippen molar-refractivity contribution in [2.24, 2.45) is 0 Å². The van der Waals surface area contributed by atoms with Crippen LogP contribution in [-0.4, -0.2) is 13.7 Å². The maximum absolute atomic E-state index is 5.90. The molecule has 2 aromatic rings. The van der Waals surface area contributed by atoms with E-state index < -0.39 is 0 Å². The quantitative estimate of drug-likeness (QED) is 0.832. The molecule has 4 heteroatoms. The number of rotatable bonds is 7. The van der Waals surface area contributed by atoms with Crippen molar-refractivity contribution < 1.29 is 9.15 Å². The van der Waals surface area contributed by atoms with Gasteiger partial charge in [-0.05, 0) is 36.5 Å². The second kappa shape index (κ2) is 6.78. The molecular weight excluding hydrogens is 258 g/mol. The summed E-state index contributed by atoms with van der Waals surface area (Å²) in [6, 6.07) is 6.20. The molecule has 0 aliphatic carbocycles. The summed E-state index contributed by atoms with van der Waals surface area (Å²) in [5.41, 5.74) is 0.